The van der Waals surface area contributed by atoms with Gasteiger partial charge in [0.05, 0.1) is 13.2 Å². The number of hydrogen-bond donors (Lipinski definition) is 0. The fourth-order valence-electron chi connectivity index (χ4n) is 1.24. The molecule has 0 aliphatic carbocycles. The van der Waals surface area contributed by atoms with Crippen molar-refractivity contribution in [1.29, 1.82) is 0 Å². The minimum atomic E-state index is -0.644. The van der Waals surface area contributed by atoms with Crippen LogP contribution in [0, 0.1) is 0 Å². The Hall–Kier alpha value is -1.23. The maximum absolute atomic E-state index is 11.2. The van der Waals surface area contributed by atoms with Crippen molar-refractivity contribution in [1.82, 2.24) is 0 Å². The highest BCUT2D eigenvalue weighted by Gasteiger charge is 2.16. The van der Waals surface area contributed by atoms with Gasteiger partial charge >= 0.3 is 6.16 Å². The third-order valence-electron chi connectivity index (χ3n) is 1.96. The summed E-state index contributed by atoms with van der Waals surface area (Å²) in [5.41, 5.74) is -0.524. The highest BCUT2D eigenvalue weighted by molar-refractivity contribution is 9.10. The Morgan fingerprint density at radius 3 is 2.63 bits per heavy atom. The average Bonchev–Trinajstić information content (AvgIpc) is 2.26. The lowest BCUT2D eigenvalue weighted by molar-refractivity contribution is -0.00851. The van der Waals surface area contributed by atoms with Crippen LogP contribution in [0.4, 0.5) is 4.79 Å². The molecule has 19 heavy (non-hydrogen) atoms. The molecule has 0 aliphatic heterocycles. The Morgan fingerprint density at radius 2 is 2.00 bits per heavy atom. The Balaban J connectivity index is 2.13. The minimum Gasteiger partial charge on any atom is -0.493 e. The van der Waals surface area contributed by atoms with E-state index in [1.807, 2.05) is 24.3 Å². The monoisotopic (exact) mass is 330 g/mol. The predicted octanol–water partition coefficient (Wildman–Crippen LogP) is 4.17. The van der Waals surface area contributed by atoms with Crippen molar-refractivity contribution in [2.45, 2.75) is 32.8 Å². The fraction of sp³-hybridized carbons (Fsp3) is 0.500. The number of halogens is 1. The third kappa shape index (κ3) is 7.72. The van der Waals surface area contributed by atoms with Gasteiger partial charge in [-0.2, -0.15) is 0 Å². The van der Waals surface area contributed by atoms with Crippen molar-refractivity contribution in [2.75, 3.05) is 13.2 Å². The zero-order valence-electron chi connectivity index (χ0n) is 11.4. The number of hydrogen-bond acceptors (Lipinski definition) is 4. The molecule has 0 unspecified atom stereocenters. The van der Waals surface area contributed by atoms with Gasteiger partial charge in [0.1, 0.15) is 11.4 Å². The standard InChI is InChI=1S/C14H19BrO4/c1-14(2,3)19-13(16)18-9-5-8-17-12-7-4-6-11(15)10-12/h4,6-7,10H,5,8-9H2,1-3H3. The first-order valence-electron chi connectivity index (χ1n) is 6.11. The Labute approximate surface area is 122 Å². The molecule has 0 saturated carbocycles. The molecule has 0 aliphatic rings. The Bertz CT molecular complexity index is 412. The summed E-state index contributed by atoms with van der Waals surface area (Å²) in [6, 6.07) is 7.59. The van der Waals surface area contributed by atoms with Crippen molar-refractivity contribution in [3.05, 3.63) is 28.7 Å². The molecule has 1 aromatic rings. The highest BCUT2D eigenvalue weighted by atomic mass is 79.9. The summed E-state index contributed by atoms with van der Waals surface area (Å²) in [5, 5.41) is 0. The van der Waals surface area contributed by atoms with E-state index in [0.29, 0.717) is 13.0 Å². The van der Waals surface area contributed by atoms with E-state index >= 15 is 0 Å². The predicted molar refractivity (Wildman–Crippen MR) is 76.4 cm³/mol. The molecular weight excluding hydrogens is 312 g/mol. The van der Waals surface area contributed by atoms with Crippen LogP contribution < -0.4 is 4.74 Å². The molecule has 106 valence electrons. The lowest BCUT2D eigenvalue weighted by Gasteiger charge is -2.18. The molecule has 0 saturated heterocycles. The molecule has 0 fully saturated rings. The van der Waals surface area contributed by atoms with Crippen molar-refractivity contribution in [3.8, 4) is 5.75 Å². The normalized spacial score (nSPS) is 10.9. The Morgan fingerprint density at radius 1 is 1.26 bits per heavy atom. The molecular formula is C14H19BrO4. The lowest BCUT2D eigenvalue weighted by atomic mass is 10.2. The van der Waals surface area contributed by atoms with Gasteiger partial charge in [-0.25, -0.2) is 4.79 Å². The second-order valence-corrected chi connectivity index (χ2v) is 5.89. The van der Waals surface area contributed by atoms with Crippen molar-refractivity contribution in [2.24, 2.45) is 0 Å². The van der Waals surface area contributed by atoms with E-state index < -0.39 is 11.8 Å². The highest BCUT2D eigenvalue weighted by Crippen LogP contribution is 2.17. The van der Waals surface area contributed by atoms with Gasteiger partial charge in [0.15, 0.2) is 0 Å². The number of benzene rings is 1. The third-order valence-corrected chi connectivity index (χ3v) is 2.46. The van der Waals surface area contributed by atoms with E-state index in [1.165, 1.54) is 0 Å². The van der Waals surface area contributed by atoms with Gasteiger partial charge in [-0.3, -0.25) is 0 Å². The summed E-state index contributed by atoms with van der Waals surface area (Å²) in [6.45, 7) is 6.15. The van der Waals surface area contributed by atoms with Gasteiger partial charge in [0.2, 0.25) is 0 Å². The summed E-state index contributed by atoms with van der Waals surface area (Å²) in [6.07, 6.45) is -0.0267. The van der Waals surface area contributed by atoms with Crippen LogP contribution >= 0.6 is 15.9 Å². The van der Waals surface area contributed by atoms with E-state index in [4.69, 9.17) is 14.2 Å². The van der Waals surface area contributed by atoms with E-state index in [9.17, 15) is 4.79 Å². The maximum Gasteiger partial charge on any atom is 0.508 e. The quantitative estimate of drug-likeness (QED) is 0.600. The van der Waals surface area contributed by atoms with Gasteiger partial charge in [-0.15, -0.1) is 0 Å². The lowest BCUT2D eigenvalue weighted by Crippen LogP contribution is -2.24. The molecule has 0 amide bonds. The van der Waals surface area contributed by atoms with Gasteiger partial charge in [-0.1, -0.05) is 22.0 Å². The number of carbonyl (C=O) groups is 1. The van der Waals surface area contributed by atoms with Crippen LogP contribution in [0.15, 0.2) is 28.7 Å². The number of carbonyl (C=O) groups excluding carboxylic acids is 1. The molecule has 0 heterocycles. The average molecular weight is 331 g/mol. The van der Waals surface area contributed by atoms with Crippen molar-refractivity contribution < 1.29 is 19.0 Å². The summed E-state index contributed by atoms with van der Waals surface area (Å²) >= 11 is 3.37. The Kier molecular flexibility index (Phi) is 6.15. The summed E-state index contributed by atoms with van der Waals surface area (Å²) < 4.78 is 16.4. The maximum atomic E-state index is 11.2. The van der Waals surface area contributed by atoms with E-state index in [2.05, 4.69) is 15.9 Å². The SMILES string of the molecule is CC(C)(C)OC(=O)OCCCOc1cccc(Br)c1. The minimum absolute atomic E-state index is 0.281. The van der Waals surface area contributed by atoms with Crippen molar-refractivity contribution >= 4 is 22.1 Å². The van der Waals surface area contributed by atoms with E-state index in [0.717, 1.165) is 10.2 Å². The van der Waals surface area contributed by atoms with Gasteiger partial charge < -0.3 is 14.2 Å². The largest absolute Gasteiger partial charge is 0.508 e. The van der Waals surface area contributed by atoms with Crippen LogP contribution in [-0.2, 0) is 9.47 Å². The summed E-state index contributed by atoms with van der Waals surface area (Å²) in [7, 11) is 0. The van der Waals surface area contributed by atoms with Crippen LogP contribution in [-0.4, -0.2) is 25.0 Å². The van der Waals surface area contributed by atoms with Crippen LogP contribution in [0.3, 0.4) is 0 Å². The topological polar surface area (TPSA) is 44.8 Å². The first kappa shape index (κ1) is 15.8. The molecule has 0 spiro atoms. The van der Waals surface area contributed by atoms with Crippen LogP contribution in [0.5, 0.6) is 5.75 Å². The molecule has 1 aromatic carbocycles. The molecule has 0 bridgehead atoms. The molecule has 1 rings (SSSR count). The molecule has 0 radical (unpaired) electrons. The van der Waals surface area contributed by atoms with Crippen LogP contribution in [0.2, 0.25) is 0 Å². The van der Waals surface area contributed by atoms with E-state index in [1.54, 1.807) is 20.8 Å². The zero-order valence-corrected chi connectivity index (χ0v) is 13.0. The summed E-state index contributed by atoms with van der Waals surface area (Å²) in [5.74, 6) is 0.784. The number of ether oxygens (including phenoxy) is 3. The molecule has 4 nitrogen and oxygen atoms in total. The zero-order chi connectivity index (χ0) is 14.3. The molecule has 0 atom stereocenters. The van der Waals surface area contributed by atoms with Crippen LogP contribution in [0.1, 0.15) is 27.2 Å². The van der Waals surface area contributed by atoms with Gasteiger partial charge in [0.25, 0.3) is 0 Å². The van der Waals surface area contributed by atoms with E-state index in [-0.39, 0.29) is 6.61 Å². The number of rotatable bonds is 5. The molecule has 0 N–H and O–H groups in total. The van der Waals surface area contributed by atoms with Gasteiger partial charge in [-0.05, 0) is 39.0 Å². The second-order valence-electron chi connectivity index (χ2n) is 4.97. The smallest absolute Gasteiger partial charge is 0.493 e. The first-order valence-corrected chi connectivity index (χ1v) is 6.90. The molecule has 0 aromatic heterocycles. The molecule has 5 heteroatoms. The van der Waals surface area contributed by atoms with Gasteiger partial charge in [0, 0.05) is 10.9 Å². The first-order chi connectivity index (χ1) is 8.87. The van der Waals surface area contributed by atoms with Crippen LogP contribution in [0.25, 0.3) is 0 Å². The summed E-state index contributed by atoms with van der Waals surface area (Å²) in [4.78, 5) is 11.2. The second kappa shape index (κ2) is 7.38. The fourth-order valence-corrected chi connectivity index (χ4v) is 1.62. The van der Waals surface area contributed by atoms with Crippen molar-refractivity contribution in [3.63, 3.8) is 0 Å².